The smallest absolute Gasteiger partial charge is 0.227 e. The third kappa shape index (κ3) is 4.52. The Hall–Kier alpha value is -3.59. The van der Waals surface area contributed by atoms with Crippen molar-refractivity contribution in [2.45, 2.75) is 77.0 Å². The average molecular weight is 534 g/mol. The molecule has 1 aliphatic heterocycles. The van der Waals surface area contributed by atoms with Gasteiger partial charge in [0.25, 0.3) is 0 Å². The SMILES string of the molecule is COC1CCC(n2c([C@@H]3CCCC(=O)N3c3ccc(F)c(F)c3)nc3cc(-c4c(C)n[nH]c4C)ccc32)CC1. The molecule has 4 aromatic rings. The van der Waals surface area contributed by atoms with Crippen LogP contribution >= 0.6 is 0 Å². The lowest BCUT2D eigenvalue weighted by atomic mass is 9.91. The van der Waals surface area contributed by atoms with Crippen LogP contribution in [0.5, 0.6) is 0 Å². The molecule has 39 heavy (non-hydrogen) atoms. The molecule has 0 radical (unpaired) electrons. The number of H-pyrrole nitrogens is 1. The van der Waals surface area contributed by atoms with Crippen LogP contribution in [0.4, 0.5) is 14.5 Å². The van der Waals surface area contributed by atoms with Gasteiger partial charge >= 0.3 is 0 Å². The van der Waals surface area contributed by atoms with E-state index in [2.05, 4.69) is 33.0 Å². The molecule has 2 aliphatic rings. The van der Waals surface area contributed by atoms with Crippen LogP contribution in [0.2, 0.25) is 0 Å². The maximum absolute atomic E-state index is 14.3. The van der Waals surface area contributed by atoms with Gasteiger partial charge in [-0.15, -0.1) is 0 Å². The number of aryl methyl sites for hydroxylation is 2. The Labute approximate surface area is 226 Å². The molecular weight excluding hydrogens is 500 g/mol. The molecule has 0 unspecified atom stereocenters. The van der Waals surface area contributed by atoms with Gasteiger partial charge in [0.2, 0.25) is 5.91 Å². The van der Waals surface area contributed by atoms with Crippen LogP contribution in [-0.4, -0.2) is 38.9 Å². The summed E-state index contributed by atoms with van der Waals surface area (Å²) in [5.41, 5.74) is 6.22. The highest BCUT2D eigenvalue weighted by Crippen LogP contribution is 2.42. The minimum absolute atomic E-state index is 0.107. The number of halogens is 2. The number of fused-ring (bicyclic) bond motifs is 1. The Morgan fingerprint density at radius 3 is 2.49 bits per heavy atom. The van der Waals surface area contributed by atoms with Crippen LogP contribution in [0.25, 0.3) is 22.2 Å². The Balaban J connectivity index is 1.50. The van der Waals surface area contributed by atoms with Gasteiger partial charge < -0.3 is 14.2 Å². The number of amides is 1. The third-order valence-corrected chi connectivity index (χ3v) is 8.40. The first-order valence-electron chi connectivity index (χ1n) is 13.7. The number of methoxy groups -OCH3 is 1. The largest absolute Gasteiger partial charge is 0.381 e. The maximum atomic E-state index is 14.3. The summed E-state index contributed by atoms with van der Waals surface area (Å²) >= 11 is 0. The molecule has 6 rings (SSSR count). The quantitative estimate of drug-likeness (QED) is 0.309. The van der Waals surface area contributed by atoms with Crippen molar-refractivity contribution in [3.63, 3.8) is 0 Å². The first-order chi connectivity index (χ1) is 18.9. The number of anilines is 1. The van der Waals surface area contributed by atoms with Gasteiger partial charge in [0.1, 0.15) is 5.82 Å². The number of ether oxygens (including phenoxy) is 1. The van der Waals surface area contributed by atoms with Crippen molar-refractivity contribution >= 4 is 22.6 Å². The molecule has 1 N–H and O–H groups in total. The first kappa shape index (κ1) is 25.7. The van der Waals surface area contributed by atoms with Gasteiger partial charge in [-0.25, -0.2) is 13.8 Å². The van der Waals surface area contributed by atoms with E-state index >= 15 is 0 Å². The average Bonchev–Trinajstić information content (AvgIpc) is 3.48. The van der Waals surface area contributed by atoms with E-state index in [-0.39, 0.29) is 24.1 Å². The number of carbonyl (C=O) groups excluding carboxylic acids is 1. The summed E-state index contributed by atoms with van der Waals surface area (Å²) in [4.78, 5) is 20.1. The monoisotopic (exact) mass is 533 g/mol. The Morgan fingerprint density at radius 2 is 1.79 bits per heavy atom. The summed E-state index contributed by atoms with van der Waals surface area (Å²) in [6.07, 6.45) is 5.77. The van der Waals surface area contributed by atoms with Crippen LogP contribution in [0.1, 0.15) is 74.2 Å². The molecule has 0 spiro atoms. The van der Waals surface area contributed by atoms with Crippen molar-refractivity contribution in [1.29, 1.82) is 0 Å². The molecule has 2 aromatic heterocycles. The highest BCUT2D eigenvalue weighted by atomic mass is 19.2. The van der Waals surface area contributed by atoms with E-state index < -0.39 is 11.6 Å². The van der Waals surface area contributed by atoms with E-state index in [0.29, 0.717) is 24.9 Å². The lowest BCUT2D eigenvalue weighted by Crippen LogP contribution is -2.40. The van der Waals surface area contributed by atoms with Crippen molar-refractivity contribution in [1.82, 2.24) is 19.7 Å². The number of rotatable bonds is 5. The van der Waals surface area contributed by atoms with Gasteiger partial charge in [0.05, 0.1) is 28.9 Å². The number of benzene rings is 2. The molecule has 204 valence electrons. The van der Waals surface area contributed by atoms with Crippen molar-refractivity contribution < 1.29 is 18.3 Å². The second-order valence-electron chi connectivity index (χ2n) is 10.8. The van der Waals surface area contributed by atoms with E-state index in [1.54, 1.807) is 12.0 Å². The predicted octanol–water partition coefficient (Wildman–Crippen LogP) is 6.71. The van der Waals surface area contributed by atoms with Crippen LogP contribution < -0.4 is 4.90 Å². The van der Waals surface area contributed by atoms with Crippen LogP contribution in [0, 0.1) is 25.5 Å². The molecular formula is C30H33F2N5O2. The van der Waals surface area contributed by atoms with Crippen LogP contribution in [-0.2, 0) is 9.53 Å². The Bertz CT molecular complexity index is 1520. The molecule has 1 saturated heterocycles. The molecule has 1 aliphatic carbocycles. The number of aromatic amines is 1. The van der Waals surface area contributed by atoms with E-state index in [0.717, 1.165) is 77.2 Å². The van der Waals surface area contributed by atoms with Crippen molar-refractivity contribution in [3.05, 3.63) is 65.2 Å². The van der Waals surface area contributed by atoms with Crippen LogP contribution in [0.3, 0.4) is 0 Å². The maximum Gasteiger partial charge on any atom is 0.227 e. The number of piperidine rings is 1. The second-order valence-corrected chi connectivity index (χ2v) is 10.8. The number of imidazole rings is 1. The van der Waals surface area contributed by atoms with Gasteiger partial charge in [-0.1, -0.05) is 6.07 Å². The molecule has 2 fully saturated rings. The lowest BCUT2D eigenvalue weighted by molar-refractivity contribution is -0.120. The van der Waals surface area contributed by atoms with E-state index in [4.69, 9.17) is 9.72 Å². The summed E-state index contributed by atoms with van der Waals surface area (Å²) in [6.45, 7) is 3.99. The molecule has 3 heterocycles. The van der Waals surface area contributed by atoms with Gasteiger partial charge in [-0.05, 0) is 82.2 Å². The molecule has 1 amide bonds. The van der Waals surface area contributed by atoms with Gasteiger partial charge in [0.15, 0.2) is 11.6 Å². The minimum Gasteiger partial charge on any atom is -0.381 e. The number of nitrogens with zero attached hydrogens (tertiary/aromatic N) is 4. The lowest BCUT2D eigenvalue weighted by Gasteiger charge is -2.37. The summed E-state index contributed by atoms with van der Waals surface area (Å²) in [7, 11) is 1.76. The predicted molar refractivity (Wildman–Crippen MR) is 146 cm³/mol. The summed E-state index contributed by atoms with van der Waals surface area (Å²) in [6, 6.07) is 9.80. The standard InChI is InChI=1S/C30H33F2N5O2/c1-17-29(18(2)35-34-17)19-7-14-26-25(15-19)33-30(37(26)20-8-11-22(39-3)12-9-20)27-5-4-6-28(38)36(27)21-10-13-23(31)24(32)16-21/h7,10,13-16,20,22,27H,4-6,8-9,11-12H2,1-3H3,(H,34,35)/t20?,22?,27-/m0/s1. The van der Waals surface area contributed by atoms with Gasteiger partial charge in [0, 0.05) is 42.6 Å². The van der Waals surface area contributed by atoms with Gasteiger partial charge in [-0.2, -0.15) is 5.10 Å². The van der Waals surface area contributed by atoms with Gasteiger partial charge in [-0.3, -0.25) is 9.89 Å². The second kappa shape index (κ2) is 10.2. The number of nitrogens with one attached hydrogen (secondary N) is 1. The highest BCUT2D eigenvalue weighted by molar-refractivity contribution is 5.95. The normalized spacial score (nSPS) is 22.1. The molecule has 1 atom stereocenters. The zero-order chi connectivity index (χ0) is 27.3. The third-order valence-electron chi connectivity index (χ3n) is 8.40. The minimum atomic E-state index is -0.966. The number of aromatic nitrogens is 4. The van der Waals surface area contributed by atoms with E-state index in [1.807, 2.05) is 13.8 Å². The summed E-state index contributed by atoms with van der Waals surface area (Å²) in [5, 5.41) is 7.42. The molecule has 7 nitrogen and oxygen atoms in total. The fraction of sp³-hybridized carbons (Fsp3) is 0.433. The van der Waals surface area contributed by atoms with Crippen molar-refractivity contribution in [3.8, 4) is 11.1 Å². The van der Waals surface area contributed by atoms with Crippen molar-refractivity contribution in [2.24, 2.45) is 0 Å². The number of hydrogen-bond donors (Lipinski definition) is 1. The topological polar surface area (TPSA) is 76.0 Å². The van der Waals surface area contributed by atoms with Crippen molar-refractivity contribution in [2.75, 3.05) is 12.0 Å². The summed E-state index contributed by atoms with van der Waals surface area (Å²) in [5.74, 6) is -1.21. The van der Waals surface area contributed by atoms with Crippen LogP contribution in [0.15, 0.2) is 36.4 Å². The fourth-order valence-electron chi connectivity index (χ4n) is 6.48. The Morgan fingerprint density at radius 1 is 1.00 bits per heavy atom. The molecule has 9 heteroatoms. The molecule has 0 bridgehead atoms. The molecule has 2 aromatic carbocycles. The molecule has 1 saturated carbocycles. The zero-order valence-electron chi connectivity index (χ0n) is 22.5. The highest BCUT2D eigenvalue weighted by Gasteiger charge is 2.36. The summed E-state index contributed by atoms with van der Waals surface area (Å²) < 4.78 is 36.0. The number of hydrogen-bond acceptors (Lipinski definition) is 4. The Kier molecular flexibility index (Phi) is 6.71. The van der Waals surface area contributed by atoms with E-state index in [1.165, 1.54) is 6.07 Å². The fourth-order valence-corrected chi connectivity index (χ4v) is 6.48. The van der Waals surface area contributed by atoms with E-state index in [9.17, 15) is 13.6 Å². The number of carbonyl (C=O) groups is 1. The zero-order valence-corrected chi connectivity index (χ0v) is 22.5. The first-order valence-corrected chi connectivity index (χ1v) is 13.7.